The maximum Gasteiger partial charge on any atom is 0.254 e. The van der Waals surface area contributed by atoms with E-state index in [-0.39, 0.29) is 5.91 Å². The molecule has 1 unspecified atom stereocenters. The van der Waals surface area contributed by atoms with Crippen molar-refractivity contribution in [3.63, 3.8) is 0 Å². The van der Waals surface area contributed by atoms with Gasteiger partial charge in [-0.05, 0) is 56.8 Å². The normalized spacial score (nSPS) is 23.1. The molecule has 1 aliphatic heterocycles. The van der Waals surface area contributed by atoms with Crippen LogP contribution in [0.5, 0.6) is 0 Å². The minimum absolute atomic E-state index is 0.176. The molecule has 3 rings (SSSR count). The van der Waals surface area contributed by atoms with Gasteiger partial charge in [0, 0.05) is 30.5 Å². The van der Waals surface area contributed by atoms with Crippen molar-refractivity contribution >= 4 is 5.91 Å². The van der Waals surface area contributed by atoms with Crippen LogP contribution in [0, 0.1) is 5.92 Å². The van der Waals surface area contributed by atoms with Gasteiger partial charge in [-0.15, -0.1) is 0 Å². The van der Waals surface area contributed by atoms with E-state index < -0.39 is 0 Å². The highest BCUT2D eigenvalue weighted by atomic mass is 16.2. The second kappa shape index (κ2) is 5.70. The lowest BCUT2D eigenvalue weighted by atomic mass is 9.98. The second-order valence-corrected chi connectivity index (χ2v) is 5.64. The van der Waals surface area contributed by atoms with Crippen LogP contribution >= 0.6 is 0 Å². The Bertz CT molecular complexity index is 424. The third kappa shape index (κ3) is 3.13. The SMILES string of the molecule is O=C(c1ccncc1)N(CC1CCCNC1)C1CC1. The van der Waals surface area contributed by atoms with Gasteiger partial charge >= 0.3 is 0 Å². The Morgan fingerprint density at radius 2 is 2.11 bits per heavy atom. The molecule has 4 nitrogen and oxygen atoms in total. The maximum atomic E-state index is 12.6. The first-order valence-corrected chi connectivity index (χ1v) is 7.26. The molecule has 1 aromatic heterocycles. The minimum atomic E-state index is 0.176. The smallest absolute Gasteiger partial charge is 0.254 e. The summed E-state index contributed by atoms with van der Waals surface area (Å²) in [7, 11) is 0. The zero-order chi connectivity index (χ0) is 13.1. The van der Waals surface area contributed by atoms with Crippen molar-refractivity contribution in [2.24, 2.45) is 5.92 Å². The molecule has 0 spiro atoms. The van der Waals surface area contributed by atoms with E-state index in [9.17, 15) is 4.79 Å². The number of hydrogen-bond acceptors (Lipinski definition) is 3. The number of nitrogens with one attached hydrogen (secondary N) is 1. The van der Waals surface area contributed by atoms with E-state index in [0.29, 0.717) is 12.0 Å². The molecule has 2 fully saturated rings. The number of carbonyl (C=O) groups excluding carboxylic acids is 1. The van der Waals surface area contributed by atoms with Crippen molar-refractivity contribution in [2.45, 2.75) is 31.7 Å². The van der Waals surface area contributed by atoms with Crippen molar-refractivity contribution in [2.75, 3.05) is 19.6 Å². The highest BCUT2D eigenvalue weighted by molar-refractivity contribution is 5.94. The minimum Gasteiger partial charge on any atom is -0.335 e. The molecule has 102 valence electrons. The van der Waals surface area contributed by atoms with E-state index in [0.717, 1.165) is 38.0 Å². The molecule has 1 amide bonds. The summed E-state index contributed by atoms with van der Waals surface area (Å²) in [4.78, 5) is 18.7. The number of pyridine rings is 1. The standard InChI is InChI=1S/C15H21N3O/c19-15(13-5-8-16-9-6-13)18(14-3-4-14)11-12-2-1-7-17-10-12/h5-6,8-9,12,14,17H,1-4,7,10-11H2. The molecular formula is C15H21N3O. The molecule has 1 N–H and O–H groups in total. The highest BCUT2D eigenvalue weighted by Gasteiger charge is 2.34. The maximum absolute atomic E-state index is 12.6. The van der Waals surface area contributed by atoms with Crippen LogP contribution in [0.4, 0.5) is 0 Å². The van der Waals surface area contributed by atoms with Gasteiger partial charge in [0.2, 0.25) is 0 Å². The number of hydrogen-bond donors (Lipinski definition) is 1. The summed E-state index contributed by atoms with van der Waals surface area (Å²) in [5.41, 5.74) is 0.769. The molecule has 1 saturated heterocycles. The highest BCUT2D eigenvalue weighted by Crippen LogP contribution is 2.29. The number of nitrogens with zero attached hydrogens (tertiary/aromatic N) is 2. The fourth-order valence-corrected chi connectivity index (χ4v) is 2.80. The van der Waals surface area contributed by atoms with Gasteiger partial charge in [0.05, 0.1) is 0 Å². The summed E-state index contributed by atoms with van der Waals surface area (Å²) >= 11 is 0. The average Bonchev–Trinajstić information content (AvgIpc) is 3.31. The van der Waals surface area contributed by atoms with Gasteiger partial charge in [-0.25, -0.2) is 0 Å². The molecule has 1 atom stereocenters. The molecule has 1 aromatic rings. The quantitative estimate of drug-likeness (QED) is 0.895. The summed E-state index contributed by atoms with van der Waals surface area (Å²) in [6, 6.07) is 4.11. The molecule has 0 aromatic carbocycles. The Morgan fingerprint density at radius 1 is 1.32 bits per heavy atom. The van der Waals surface area contributed by atoms with Crippen molar-refractivity contribution in [3.8, 4) is 0 Å². The lowest BCUT2D eigenvalue weighted by Gasteiger charge is -2.30. The van der Waals surface area contributed by atoms with E-state index in [1.807, 2.05) is 12.1 Å². The van der Waals surface area contributed by atoms with Crippen molar-refractivity contribution in [1.82, 2.24) is 15.2 Å². The predicted molar refractivity (Wildman–Crippen MR) is 73.9 cm³/mol. The lowest BCUT2D eigenvalue weighted by Crippen LogP contribution is -2.42. The largest absolute Gasteiger partial charge is 0.335 e. The van der Waals surface area contributed by atoms with Crippen LogP contribution in [0.2, 0.25) is 0 Å². The number of aromatic nitrogens is 1. The van der Waals surface area contributed by atoms with Crippen LogP contribution in [-0.4, -0.2) is 41.5 Å². The molecule has 19 heavy (non-hydrogen) atoms. The Morgan fingerprint density at radius 3 is 2.74 bits per heavy atom. The van der Waals surface area contributed by atoms with E-state index in [1.165, 1.54) is 12.8 Å². The fraction of sp³-hybridized carbons (Fsp3) is 0.600. The van der Waals surface area contributed by atoms with Gasteiger partial charge in [0.15, 0.2) is 0 Å². The Labute approximate surface area is 114 Å². The third-order valence-electron chi connectivity index (χ3n) is 4.03. The van der Waals surface area contributed by atoms with Crippen LogP contribution in [-0.2, 0) is 0 Å². The summed E-state index contributed by atoms with van der Waals surface area (Å²) in [6.07, 6.45) is 8.18. The zero-order valence-electron chi connectivity index (χ0n) is 11.2. The molecule has 4 heteroatoms. The monoisotopic (exact) mass is 259 g/mol. The van der Waals surface area contributed by atoms with Crippen molar-refractivity contribution in [1.29, 1.82) is 0 Å². The van der Waals surface area contributed by atoms with E-state index in [4.69, 9.17) is 0 Å². The van der Waals surface area contributed by atoms with Crippen LogP contribution < -0.4 is 5.32 Å². The topological polar surface area (TPSA) is 45.2 Å². The van der Waals surface area contributed by atoms with E-state index in [1.54, 1.807) is 12.4 Å². The van der Waals surface area contributed by atoms with Crippen molar-refractivity contribution < 1.29 is 4.79 Å². The molecule has 0 radical (unpaired) electrons. The first-order chi connectivity index (χ1) is 9.34. The fourth-order valence-electron chi connectivity index (χ4n) is 2.80. The second-order valence-electron chi connectivity index (χ2n) is 5.64. The number of piperidine rings is 1. The Kier molecular flexibility index (Phi) is 3.78. The molecule has 2 aliphatic rings. The molecule has 2 heterocycles. The molecule has 1 saturated carbocycles. The molecule has 0 bridgehead atoms. The van der Waals surface area contributed by atoms with Crippen molar-refractivity contribution in [3.05, 3.63) is 30.1 Å². The summed E-state index contributed by atoms with van der Waals surface area (Å²) in [6.45, 7) is 3.07. The molecule has 1 aliphatic carbocycles. The number of carbonyl (C=O) groups is 1. The average molecular weight is 259 g/mol. The predicted octanol–water partition coefficient (Wildman–Crippen LogP) is 1.69. The van der Waals surface area contributed by atoms with Crippen LogP contribution in [0.1, 0.15) is 36.0 Å². The van der Waals surface area contributed by atoms with Crippen LogP contribution in [0.3, 0.4) is 0 Å². The van der Waals surface area contributed by atoms with E-state index >= 15 is 0 Å². The first kappa shape index (κ1) is 12.6. The van der Waals surface area contributed by atoms with Gasteiger partial charge in [-0.1, -0.05) is 0 Å². The molecular weight excluding hydrogens is 238 g/mol. The summed E-state index contributed by atoms with van der Waals surface area (Å²) in [5.74, 6) is 0.788. The first-order valence-electron chi connectivity index (χ1n) is 7.26. The van der Waals surface area contributed by atoms with Gasteiger partial charge < -0.3 is 10.2 Å². The van der Waals surface area contributed by atoms with Gasteiger partial charge in [-0.3, -0.25) is 9.78 Å². The van der Waals surface area contributed by atoms with Gasteiger partial charge in [0.1, 0.15) is 0 Å². The van der Waals surface area contributed by atoms with Gasteiger partial charge in [-0.2, -0.15) is 0 Å². The third-order valence-corrected chi connectivity index (χ3v) is 4.03. The summed E-state index contributed by atoms with van der Waals surface area (Å²) < 4.78 is 0. The Hall–Kier alpha value is -1.42. The summed E-state index contributed by atoms with van der Waals surface area (Å²) in [5, 5.41) is 3.43. The number of rotatable bonds is 4. The van der Waals surface area contributed by atoms with Gasteiger partial charge in [0.25, 0.3) is 5.91 Å². The zero-order valence-corrected chi connectivity index (χ0v) is 11.2. The van der Waals surface area contributed by atoms with Crippen LogP contribution in [0.15, 0.2) is 24.5 Å². The number of amides is 1. The van der Waals surface area contributed by atoms with E-state index in [2.05, 4.69) is 15.2 Å². The van der Waals surface area contributed by atoms with Crippen LogP contribution in [0.25, 0.3) is 0 Å². The Balaban J connectivity index is 1.68. The lowest BCUT2D eigenvalue weighted by molar-refractivity contribution is 0.0704.